The molecule has 1 aromatic carbocycles. The number of ether oxygens (including phenoxy) is 1. The zero-order valence-corrected chi connectivity index (χ0v) is 11.3. The fourth-order valence-electron chi connectivity index (χ4n) is 2.67. The van der Waals surface area contributed by atoms with Gasteiger partial charge in [-0.1, -0.05) is 36.2 Å². The summed E-state index contributed by atoms with van der Waals surface area (Å²) in [6, 6.07) is 8.53. The molecule has 1 fully saturated rings. The third kappa shape index (κ3) is 3.82. The number of aryl methyl sites for hydroxylation is 1. The van der Waals surface area contributed by atoms with E-state index in [2.05, 4.69) is 31.2 Å². The molecule has 1 saturated heterocycles. The summed E-state index contributed by atoms with van der Waals surface area (Å²) in [7, 11) is 0. The van der Waals surface area contributed by atoms with Gasteiger partial charge in [0.05, 0.1) is 6.10 Å². The van der Waals surface area contributed by atoms with Crippen LogP contribution in [0, 0.1) is 6.92 Å². The average molecular weight is 248 g/mol. The third-order valence-corrected chi connectivity index (χ3v) is 3.87. The van der Waals surface area contributed by atoms with E-state index in [9.17, 15) is 5.11 Å². The zero-order valence-electron chi connectivity index (χ0n) is 11.3. The number of hydrogen-bond donors (Lipinski definition) is 1. The lowest BCUT2D eigenvalue weighted by molar-refractivity contribution is 0.101. The Labute approximate surface area is 110 Å². The Hall–Kier alpha value is -0.860. The quantitative estimate of drug-likeness (QED) is 0.836. The topological polar surface area (TPSA) is 29.5 Å². The van der Waals surface area contributed by atoms with E-state index in [0.29, 0.717) is 6.10 Å². The standard InChI is InChI=1S/C16H24O2/c1-13-7-9-14(10-8-13)15(12-17)4-2-5-16-6-3-11-18-16/h7-10,15-17H,2-6,11-12H2,1H3. The summed E-state index contributed by atoms with van der Waals surface area (Å²) < 4.78 is 5.63. The maximum atomic E-state index is 9.51. The van der Waals surface area contributed by atoms with E-state index in [1.165, 1.54) is 24.0 Å². The van der Waals surface area contributed by atoms with E-state index in [4.69, 9.17) is 4.74 Å². The van der Waals surface area contributed by atoms with Gasteiger partial charge in [-0.25, -0.2) is 0 Å². The fourth-order valence-corrected chi connectivity index (χ4v) is 2.67. The van der Waals surface area contributed by atoms with E-state index in [1.54, 1.807) is 0 Å². The van der Waals surface area contributed by atoms with Crippen molar-refractivity contribution >= 4 is 0 Å². The first kappa shape index (κ1) is 13.6. The predicted molar refractivity (Wildman–Crippen MR) is 73.8 cm³/mol. The Morgan fingerprint density at radius 1 is 1.33 bits per heavy atom. The molecule has 18 heavy (non-hydrogen) atoms. The normalized spacial score (nSPS) is 21.1. The number of aliphatic hydroxyl groups is 1. The molecular formula is C16H24O2. The van der Waals surface area contributed by atoms with Crippen molar-refractivity contribution in [3.05, 3.63) is 35.4 Å². The first-order valence-corrected chi connectivity index (χ1v) is 7.08. The van der Waals surface area contributed by atoms with Crippen molar-refractivity contribution < 1.29 is 9.84 Å². The molecule has 0 aliphatic carbocycles. The Balaban J connectivity index is 1.79. The van der Waals surface area contributed by atoms with E-state index in [-0.39, 0.29) is 12.5 Å². The highest BCUT2D eigenvalue weighted by Gasteiger charge is 2.16. The third-order valence-electron chi connectivity index (χ3n) is 3.87. The molecule has 2 nitrogen and oxygen atoms in total. The van der Waals surface area contributed by atoms with E-state index >= 15 is 0 Å². The van der Waals surface area contributed by atoms with Crippen molar-refractivity contribution in [2.45, 2.75) is 51.0 Å². The van der Waals surface area contributed by atoms with Gasteiger partial charge >= 0.3 is 0 Å². The molecule has 2 rings (SSSR count). The fraction of sp³-hybridized carbons (Fsp3) is 0.625. The Morgan fingerprint density at radius 3 is 2.72 bits per heavy atom. The lowest BCUT2D eigenvalue weighted by atomic mass is 9.93. The van der Waals surface area contributed by atoms with Crippen LogP contribution in [0.4, 0.5) is 0 Å². The molecular weight excluding hydrogens is 224 g/mol. The molecule has 0 bridgehead atoms. The van der Waals surface area contributed by atoms with Crippen LogP contribution >= 0.6 is 0 Å². The van der Waals surface area contributed by atoms with E-state index in [0.717, 1.165) is 25.9 Å². The highest BCUT2D eigenvalue weighted by atomic mass is 16.5. The highest BCUT2D eigenvalue weighted by molar-refractivity contribution is 5.24. The van der Waals surface area contributed by atoms with Gasteiger partial charge in [0.25, 0.3) is 0 Å². The van der Waals surface area contributed by atoms with Crippen LogP contribution in [-0.4, -0.2) is 24.4 Å². The molecule has 1 aliphatic heterocycles. The molecule has 100 valence electrons. The minimum absolute atomic E-state index is 0.245. The summed E-state index contributed by atoms with van der Waals surface area (Å²) in [5.41, 5.74) is 2.53. The van der Waals surface area contributed by atoms with Crippen molar-refractivity contribution in [3.8, 4) is 0 Å². The van der Waals surface area contributed by atoms with Crippen LogP contribution in [0.2, 0.25) is 0 Å². The summed E-state index contributed by atoms with van der Waals surface area (Å²) >= 11 is 0. The first-order valence-electron chi connectivity index (χ1n) is 7.08. The molecule has 0 saturated carbocycles. The summed E-state index contributed by atoms with van der Waals surface area (Å²) in [6.07, 6.45) is 6.24. The lowest BCUT2D eigenvalue weighted by Gasteiger charge is -2.16. The summed E-state index contributed by atoms with van der Waals surface area (Å²) in [6.45, 7) is 3.27. The van der Waals surface area contributed by atoms with Crippen molar-refractivity contribution in [1.82, 2.24) is 0 Å². The SMILES string of the molecule is Cc1ccc(C(CO)CCCC2CCCO2)cc1. The monoisotopic (exact) mass is 248 g/mol. The van der Waals surface area contributed by atoms with Gasteiger partial charge in [0.1, 0.15) is 0 Å². The number of rotatable bonds is 6. The van der Waals surface area contributed by atoms with Crippen molar-refractivity contribution in [3.63, 3.8) is 0 Å². The Bertz CT molecular complexity index is 339. The minimum Gasteiger partial charge on any atom is -0.396 e. The van der Waals surface area contributed by atoms with Gasteiger partial charge in [0, 0.05) is 19.1 Å². The first-order chi connectivity index (χ1) is 8.79. The molecule has 2 heteroatoms. The minimum atomic E-state index is 0.245. The van der Waals surface area contributed by atoms with Crippen LogP contribution in [0.25, 0.3) is 0 Å². The maximum absolute atomic E-state index is 9.51. The van der Waals surface area contributed by atoms with E-state index < -0.39 is 0 Å². The number of aliphatic hydroxyl groups excluding tert-OH is 1. The second-order valence-electron chi connectivity index (χ2n) is 5.36. The highest BCUT2D eigenvalue weighted by Crippen LogP contribution is 2.24. The molecule has 2 unspecified atom stereocenters. The van der Waals surface area contributed by atoms with Gasteiger partial charge in [-0.2, -0.15) is 0 Å². The average Bonchev–Trinajstić information content (AvgIpc) is 2.89. The van der Waals surface area contributed by atoms with Gasteiger partial charge in [-0.3, -0.25) is 0 Å². The summed E-state index contributed by atoms with van der Waals surface area (Å²) in [5, 5.41) is 9.51. The van der Waals surface area contributed by atoms with Crippen LogP contribution in [0.1, 0.15) is 49.1 Å². The molecule has 0 spiro atoms. The van der Waals surface area contributed by atoms with Crippen LogP contribution < -0.4 is 0 Å². The van der Waals surface area contributed by atoms with Gasteiger partial charge in [-0.15, -0.1) is 0 Å². The molecule has 0 aromatic heterocycles. The van der Waals surface area contributed by atoms with Gasteiger partial charge in [-0.05, 0) is 38.2 Å². The number of hydrogen-bond acceptors (Lipinski definition) is 2. The largest absolute Gasteiger partial charge is 0.396 e. The van der Waals surface area contributed by atoms with Gasteiger partial charge in [0.15, 0.2) is 0 Å². The molecule has 1 N–H and O–H groups in total. The lowest BCUT2D eigenvalue weighted by Crippen LogP contribution is -2.08. The van der Waals surface area contributed by atoms with Crippen LogP contribution in [0.15, 0.2) is 24.3 Å². The second kappa shape index (κ2) is 6.91. The van der Waals surface area contributed by atoms with Crippen LogP contribution in [-0.2, 0) is 4.74 Å². The van der Waals surface area contributed by atoms with Crippen molar-refractivity contribution in [2.24, 2.45) is 0 Å². The zero-order chi connectivity index (χ0) is 12.8. The Kier molecular flexibility index (Phi) is 5.21. The molecule has 0 amide bonds. The molecule has 0 radical (unpaired) electrons. The molecule has 1 aliphatic rings. The molecule has 2 atom stereocenters. The summed E-state index contributed by atoms with van der Waals surface area (Å²) in [5.74, 6) is 0.284. The maximum Gasteiger partial charge on any atom is 0.0576 e. The van der Waals surface area contributed by atoms with Gasteiger partial charge in [0.2, 0.25) is 0 Å². The van der Waals surface area contributed by atoms with Crippen LogP contribution in [0.3, 0.4) is 0 Å². The predicted octanol–water partition coefficient (Wildman–Crippen LogP) is 3.42. The Morgan fingerprint density at radius 2 is 2.11 bits per heavy atom. The second-order valence-corrected chi connectivity index (χ2v) is 5.36. The van der Waals surface area contributed by atoms with Gasteiger partial charge < -0.3 is 9.84 Å². The van der Waals surface area contributed by atoms with Crippen LogP contribution in [0.5, 0.6) is 0 Å². The van der Waals surface area contributed by atoms with E-state index in [1.807, 2.05) is 0 Å². The van der Waals surface area contributed by atoms with Crippen molar-refractivity contribution in [1.29, 1.82) is 0 Å². The summed E-state index contributed by atoms with van der Waals surface area (Å²) in [4.78, 5) is 0. The van der Waals surface area contributed by atoms with Crippen molar-refractivity contribution in [2.75, 3.05) is 13.2 Å². The number of benzene rings is 1. The smallest absolute Gasteiger partial charge is 0.0576 e. The molecule has 1 aromatic rings. The molecule has 1 heterocycles.